The van der Waals surface area contributed by atoms with E-state index in [2.05, 4.69) is 21.0 Å². The van der Waals surface area contributed by atoms with E-state index in [4.69, 9.17) is 4.74 Å². The molecule has 0 saturated heterocycles. The molecule has 2 aromatic carbocycles. The number of hydrogen-bond donors (Lipinski definition) is 2. The number of nitro groups is 1. The Morgan fingerprint density at radius 2 is 2.00 bits per heavy atom. The summed E-state index contributed by atoms with van der Waals surface area (Å²) in [7, 11) is 1.71. The van der Waals surface area contributed by atoms with Crippen LogP contribution in [0, 0.1) is 17.0 Å². The second-order valence-electron chi connectivity index (χ2n) is 6.32. The van der Waals surface area contributed by atoms with Gasteiger partial charge in [0.25, 0.3) is 17.5 Å². The van der Waals surface area contributed by atoms with Gasteiger partial charge in [-0.15, -0.1) is 10.2 Å². The molecular weight excluding hydrogens is 424 g/mol. The minimum absolute atomic E-state index is 0.00846. The highest BCUT2D eigenvalue weighted by molar-refractivity contribution is 7.99. The predicted molar refractivity (Wildman–Crippen MR) is 111 cm³/mol. The fourth-order valence-corrected chi connectivity index (χ4v) is 3.30. The third-order valence-electron chi connectivity index (χ3n) is 4.06. The number of amides is 2. The first-order valence-electron chi connectivity index (χ1n) is 8.93. The van der Waals surface area contributed by atoms with E-state index < -0.39 is 16.7 Å². The molecule has 11 nitrogen and oxygen atoms in total. The van der Waals surface area contributed by atoms with Crippen molar-refractivity contribution in [3.8, 4) is 5.75 Å². The van der Waals surface area contributed by atoms with Gasteiger partial charge in [0.2, 0.25) is 0 Å². The van der Waals surface area contributed by atoms with E-state index in [0.717, 1.165) is 23.4 Å². The molecule has 1 aromatic heterocycles. The fraction of sp³-hybridized carbons (Fsp3) is 0.158. The minimum Gasteiger partial charge on any atom is -0.483 e. The fourth-order valence-electron chi connectivity index (χ4n) is 2.45. The van der Waals surface area contributed by atoms with Crippen molar-refractivity contribution in [2.45, 2.75) is 17.0 Å². The van der Waals surface area contributed by atoms with Crippen molar-refractivity contribution < 1.29 is 19.2 Å². The number of nitro benzene ring substituents is 1. The normalized spacial score (nSPS) is 10.4. The second-order valence-corrected chi connectivity index (χ2v) is 7.33. The molecule has 2 amide bonds. The molecule has 0 saturated carbocycles. The third-order valence-corrected chi connectivity index (χ3v) is 5.17. The number of rotatable bonds is 7. The van der Waals surface area contributed by atoms with Crippen molar-refractivity contribution in [1.29, 1.82) is 0 Å². The molecule has 0 unspecified atom stereocenters. The van der Waals surface area contributed by atoms with Crippen molar-refractivity contribution >= 4 is 29.3 Å². The highest BCUT2D eigenvalue weighted by Gasteiger charge is 2.20. The summed E-state index contributed by atoms with van der Waals surface area (Å²) in [5, 5.41) is 19.5. The average Bonchev–Trinajstić information content (AvgIpc) is 3.15. The van der Waals surface area contributed by atoms with Crippen LogP contribution < -0.4 is 15.6 Å². The van der Waals surface area contributed by atoms with Gasteiger partial charge in [-0.1, -0.05) is 18.2 Å². The van der Waals surface area contributed by atoms with E-state index in [9.17, 15) is 19.7 Å². The van der Waals surface area contributed by atoms with E-state index >= 15 is 0 Å². The standard InChI is InChI=1S/C19H18N6O5S/c1-12-5-3-4-6-15(12)30-10-17(26)21-22-18(27)13-7-8-16(14(9-13)25(28)29)31-19-23-20-11-24(19)2/h3-9,11H,10H2,1-2H3,(H,21,26)(H,22,27). The van der Waals surface area contributed by atoms with E-state index in [-0.39, 0.29) is 17.9 Å². The maximum atomic E-state index is 12.3. The van der Waals surface area contributed by atoms with Crippen molar-refractivity contribution in [1.82, 2.24) is 25.6 Å². The van der Waals surface area contributed by atoms with Gasteiger partial charge in [0.15, 0.2) is 11.8 Å². The van der Waals surface area contributed by atoms with Gasteiger partial charge < -0.3 is 9.30 Å². The lowest BCUT2D eigenvalue weighted by atomic mass is 10.2. The van der Waals surface area contributed by atoms with Crippen molar-refractivity contribution in [2.24, 2.45) is 7.05 Å². The molecule has 0 bridgehead atoms. The van der Waals surface area contributed by atoms with Crippen LogP contribution >= 0.6 is 11.8 Å². The zero-order valence-corrected chi connectivity index (χ0v) is 17.4. The Kier molecular flexibility index (Phi) is 6.82. The van der Waals surface area contributed by atoms with Gasteiger partial charge in [-0.2, -0.15) is 0 Å². The number of para-hydroxylation sites is 1. The number of nitrogens with one attached hydrogen (secondary N) is 2. The minimum atomic E-state index is -0.706. The van der Waals surface area contributed by atoms with Crippen LogP contribution in [0.25, 0.3) is 0 Å². The first kappa shape index (κ1) is 21.8. The SMILES string of the molecule is Cc1ccccc1OCC(=O)NNC(=O)c1ccc(Sc2nncn2C)c([N+](=O)[O-])c1. The molecular formula is C19H18N6O5S. The van der Waals surface area contributed by atoms with Gasteiger partial charge >= 0.3 is 0 Å². The Morgan fingerprint density at radius 1 is 1.23 bits per heavy atom. The highest BCUT2D eigenvalue weighted by Crippen LogP contribution is 2.34. The zero-order valence-electron chi connectivity index (χ0n) is 16.6. The maximum Gasteiger partial charge on any atom is 0.284 e. The van der Waals surface area contributed by atoms with Gasteiger partial charge in [0, 0.05) is 18.7 Å². The van der Waals surface area contributed by atoms with E-state index in [1.807, 2.05) is 19.1 Å². The molecule has 2 N–H and O–H groups in total. The summed E-state index contributed by atoms with van der Waals surface area (Å²) in [5.41, 5.74) is 5.04. The topological polar surface area (TPSA) is 141 Å². The second kappa shape index (κ2) is 9.71. The molecule has 0 atom stereocenters. The van der Waals surface area contributed by atoms with Crippen molar-refractivity contribution in [2.75, 3.05) is 6.61 Å². The molecule has 3 rings (SSSR count). The molecule has 0 aliphatic carbocycles. The molecule has 0 spiro atoms. The third kappa shape index (κ3) is 5.57. The average molecular weight is 442 g/mol. The van der Waals surface area contributed by atoms with Gasteiger partial charge in [-0.25, -0.2) is 0 Å². The lowest BCUT2D eigenvalue weighted by molar-refractivity contribution is -0.387. The lowest BCUT2D eigenvalue weighted by Crippen LogP contribution is -2.43. The molecule has 0 radical (unpaired) electrons. The van der Waals surface area contributed by atoms with E-state index in [1.165, 1.54) is 18.5 Å². The quantitative estimate of drug-likeness (QED) is 0.418. The number of hydrazine groups is 1. The van der Waals surface area contributed by atoms with E-state index in [0.29, 0.717) is 15.8 Å². The number of aromatic nitrogens is 3. The summed E-state index contributed by atoms with van der Waals surface area (Å²) < 4.78 is 7.01. The van der Waals surface area contributed by atoms with Gasteiger partial charge in [0.1, 0.15) is 12.1 Å². The number of carbonyl (C=O) groups excluding carboxylic acids is 2. The Hall–Kier alpha value is -3.93. The van der Waals surface area contributed by atoms with Gasteiger partial charge in [0.05, 0.1) is 9.82 Å². The molecule has 0 aliphatic heterocycles. The largest absolute Gasteiger partial charge is 0.483 e. The zero-order chi connectivity index (χ0) is 22.4. The Bertz CT molecular complexity index is 1130. The van der Waals surface area contributed by atoms with Crippen LogP contribution in [0.15, 0.2) is 58.8 Å². The van der Waals surface area contributed by atoms with Crippen LogP contribution in [0.1, 0.15) is 15.9 Å². The summed E-state index contributed by atoms with van der Waals surface area (Å²) in [5.74, 6) is -0.737. The summed E-state index contributed by atoms with van der Waals surface area (Å²) >= 11 is 1.05. The van der Waals surface area contributed by atoms with Crippen LogP contribution in [0.2, 0.25) is 0 Å². The molecule has 12 heteroatoms. The monoisotopic (exact) mass is 442 g/mol. The number of nitrogens with zero attached hydrogens (tertiary/aromatic N) is 4. The number of aryl methyl sites for hydroxylation is 2. The van der Waals surface area contributed by atoms with Crippen molar-refractivity contribution in [3.05, 3.63) is 70.0 Å². The molecule has 3 aromatic rings. The van der Waals surface area contributed by atoms with Crippen LogP contribution in [-0.2, 0) is 11.8 Å². The van der Waals surface area contributed by atoms with Gasteiger partial charge in [-0.05, 0) is 42.4 Å². The predicted octanol–water partition coefficient (Wildman–Crippen LogP) is 2.02. The Balaban J connectivity index is 1.61. The van der Waals surface area contributed by atoms with Crippen LogP contribution in [0.4, 0.5) is 5.69 Å². The molecule has 1 heterocycles. The summed E-state index contributed by atoms with van der Waals surface area (Å²) in [6.07, 6.45) is 1.47. The van der Waals surface area contributed by atoms with Crippen LogP contribution in [-0.4, -0.2) is 38.1 Å². The van der Waals surface area contributed by atoms with Crippen LogP contribution in [0.5, 0.6) is 5.75 Å². The number of ether oxygens (including phenoxy) is 1. The highest BCUT2D eigenvalue weighted by atomic mass is 32.2. The number of hydrogen-bond acceptors (Lipinski definition) is 8. The van der Waals surface area contributed by atoms with Crippen molar-refractivity contribution in [3.63, 3.8) is 0 Å². The van der Waals surface area contributed by atoms with Gasteiger partial charge in [-0.3, -0.25) is 30.6 Å². The number of carbonyl (C=O) groups is 2. The summed E-state index contributed by atoms with van der Waals surface area (Å²) in [6, 6.07) is 11.2. The molecule has 0 aliphatic rings. The van der Waals surface area contributed by atoms with Crippen LogP contribution in [0.3, 0.4) is 0 Å². The molecule has 0 fully saturated rings. The Labute approximate surface area is 180 Å². The molecule has 31 heavy (non-hydrogen) atoms. The smallest absolute Gasteiger partial charge is 0.284 e. The lowest BCUT2D eigenvalue weighted by Gasteiger charge is -2.10. The Morgan fingerprint density at radius 3 is 2.68 bits per heavy atom. The maximum absolute atomic E-state index is 12.3. The van der Waals surface area contributed by atoms with E-state index in [1.54, 1.807) is 23.7 Å². The first-order chi connectivity index (χ1) is 14.8. The first-order valence-corrected chi connectivity index (χ1v) is 9.74. The molecule has 160 valence electrons. The summed E-state index contributed by atoms with van der Waals surface area (Å²) in [6.45, 7) is 1.53. The number of benzene rings is 2. The summed E-state index contributed by atoms with van der Waals surface area (Å²) in [4.78, 5) is 35.4.